The molecule has 0 aliphatic heterocycles. The van der Waals surface area contributed by atoms with Gasteiger partial charge in [-0.1, -0.05) is 17.7 Å². The van der Waals surface area contributed by atoms with Gasteiger partial charge in [0.25, 0.3) is 0 Å². The molecule has 14 heteroatoms. The number of rotatable bonds is 11. The van der Waals surface area contributed by atoms with Crippen molar-refractivity contribution in [3.63, 3.8) is 0 Å². The van der Waals surface area contributed by atoms with Crippen LogP contribution in [0, 0.1) is 0 Å². The molecular formula is C24H26ClN7O5S. The van der Waals surface area contributed by atoms with E-state index in [0.29, 0.717) is 33.6 Å². The number of hydrogen-bond donors (Lipinski definition) is 1. The summed E-state index contributed by atoms with van der Waals surface area (Å²) in [7, 11) is -1.15. The Balaban J connectivity index is 1.83. The lowest BCUT2D eigenvalue weighted by Crippen LogP contribution is -2.34. The number of halogens is 1. The zero-order chi connectivity index (χ0) is 27.3. The number of methoxy groups -OCH3 is 2. The number of ether oxygens (including phenoxy) is 3. The summed E-state index contributed by atoms with van der Waals surface area (Å²) in [5.41, 5.74) is 0.988. The predicted octanol–water partition coefficient (Wildman–Crippen LogP) is 3.70. The van der Waals surface area contributed by atoms with Gasteiger partial charge in [-0.25, -0.2) is 18.4 Å². The van der Waals surface area contributed by atoms with Crippen LogP contribution in [0.25, 0.3) is 17.1 Å². The van der Waals surface area contributed by atoms with E-state index in [1.54, 1.807) is 49.6 Å². The van der Waals surface area contributed by atoms with Gasteiger partial charge in [-0.05, 0) is 38.1 Å². The molecule has 38 heavy (non-hydrogen) atoms. The average Bonchev–Trinajstić information content (AvgIpc) is 3.34. The topological polar surface area (TPSA) is 143 Å². The number of benzene rings is 1. The molecule has 0 saturated heterocycles. The summed E-state index contributed by atoms with van der Waals surface area (Å²) < 4.78 is 48.3. The van der Waals surface area contributed by atoms with E-state index < -0.39 is 21.4 Å². The highest BCUT2D eigenvalue weighted by Crippen LogP contribution is 2.38. The molecule has 1 aromatic carbocycles. The van der Waals surface area contributed by atoms with E-state index in [0.717, 1.165) is 0 Å². The van der Waals surface area contributed by atoms with Crippen LogP contribution in [-0.2, 0) is 14.8 Å². The van der Waals surface area contributed by atoms with Crippen LogP contribution >= 0.6 is 11.6 Å². The zero-order valence-electron chi connectivity index (χ0n) is 21.1. The molecule has 0 saturated carbocycles. The Morgan fingerprint density at radius 1 is 1.03 bits per heavy atom. The fourth-order valence-corrected chi connectivity index (χ4v) is 4.94. The van der Waals surface area contributed by atoms with Gasteiger partial charge in [-0.3, -0.25) is 14.3 Å². The third kappa shape index (κ3) is 5.54. The lowest BCUT2D eigenvalue weighted by molar-refractivity contribution is 0.0558. The highest BCUT2D eigenvalue weighted by Gasteiger charge is 2.35. The molecule has 0 unspecified atom stereocenters. The Hall–Kier alpha value is -3.81. The van der Waals surface area contributed by atoms with Gasteiger partial charge in [0, 0.05) is 37.0 Å². The van der Waals surface area contributed by atoms with Crippen molar-refractivity contribution in [1.29, 1.82) is 0 Å². The Kier molecular flexibility index (Phi) is 8.39. The van der Waals surface area contributed by atoms with Crippen molar-refractivity contribution in [2.45, 2.75) is 25.2 Å². The van der Waals surface area contributed by atoms with E-state index in [1.165, 1.54) is 38.1 Å². The largest absolute Gasteiger partial charge is 0.494 e. The Bertz CT molecular complexity index is 1460. The number of pyridine rings is 1. The first kappa shape index (κ1) is 27.2. The van der Waals surface area contributed by atoms with E-state index in [2.05, 4.69) is 29.9 Å². The number of sulfonamides is 1. The Morgan fingerprint density at radius 3 is 2.29 bits per heavy atom. The fraction of sp³-hybridized carbons (Fsp3) is 0.292. The van der Waals surface area contributed by atoms with Crippen LogP contribution in [-0.4, -0.2) is 64.2 Å². The SMILES string of the molecule is CCO[C@@H](c1ncc(Cl)cn1)[C@@H](C)S(=O)(=O)Nc1nnc(-c2cccnc2)n1-c1c(OC)cccc1OC. The summed E-state index contributed by atoms with van der Waals surface area (Å²) in [5, 5.41) is 7.63. The van der Waals surface area contributed by atoms with Crippen molar-refractivity contribution in [1.82, 2.24) is 29.7 Å². The Morgan fingerprint density at radius 2 is 1.71 bits per heavy atom. The summed E-state index contributed by atoms with van der Waals surface area (Å²) in [4.78, 5) is 12.5. The smallest absolute Gasteiger partial charge is 0.243 e. The molecule has 0 radical (unpaired) electrons. The van der Waals surface area contributed by atoms with Gasteiger partial charge in [0.1, 0.15) is 28.5 Å². The quantitative estimate of drug-likeness (QED) is 0.289. The molecule has 0 spiro atoms. The summed E-state index contributed by atoms with van der Waals surface area (Å²) in [6.07, 6.45) is 4.99. The number of nitrogens with zero attached hydrogens (tertiary/aromatic N) is 6. The van der Waals surface area contributed by atoms with Gasteiger partial charge in [0.05, 0.1) is 19.2 Å². The molecule has 0 aliphatic carbocycles. The van der Waals surface area contributed by atoms with Gasteiger partial charge in [-0.15, -0.1) is 10.2 Å². The standard InChI is InChI=1S/C24H26ClN7O5S/c1-5-37-21(22-27-13-17(25)14-28-22)15(2)38(33,34)31-24-30-29-23(16-8-7-11-26-12-16)32(24)20-18(35-3)9-6-10-19(20)36-4/h6-15,21H,5H2,1-4H3,(H,30,31)/t15-,21-/m1/s1. The lowest BCUT2D eigenvalue weighted by atomic mass is 10.2. The second kappa shape index (κ2) is 11.7. The fourth-order valence-electron chi connectivity index (χ4n) is 3.75. The van der Waals surface area contributed by atoms with Gasteiger partial charge in [-0.2, -0.15) is 0 Å². The molecular weight excluding hydrogens is 534 g/mol. The molecule has 1 N–H and O–H groups in total. The van der Waals surface area contributed by atoms with Crippen LogP contribution < -0.4 is 14.2 Å². The van der Waals surface area contributed by atoms with E-state index in [-0.39, 0.29) is 18.4 Å². The van der Waals surface area contributed by atoms with Crippen molar-refractivity contribution in [2.24, 2.45) is 0 Å². The van der Waals surface area contributed by atoms with Gasteiger partial charge in [0.15, 0.2) is 11.6 Å². The number of para-hydroxylation sites is 1. The molecule has 12 nitrogen and oxygen atoms in total. The van der Waals surface area contributed by atoms with Crippen LogP contribution in [0.15, 0.2) is 55.1 Å². The monoisotopic (exact) mass is 559 g/mol. The van der Waals surface area contributed by atoms with Crippen molar-refractivity contribution < 1.29 is 22.6 Å². The Labute approximate surface area is 225 Å². The van der Waals surface area contributed by atoms with Crippen molar-refractivity contribution in [3.8, 4) is 28.6 Å². The van der Waals surface area contributed by atoms with Gasteiger partial charge in [0.2, 0.25) is 16.0 Å². The second-order valence-electron chi connectivity index (χ2n) is 7.92. The van der Waals surface area contributed by atoms with E-state index in [1.807, 2.05) is 0 Å². The average molecular weight is 560 g/mol. The zero-order valence-corrected chi connectivity index (χ0v) is 22.6. The number of hydrogen-bond acceptors (Lipinski definition) is 10. The molecule has 4 aromatic rings. The summed E-state index contributed by atoms with van der Waals surface area (Å²) in [6, 6.07) is 8.70. The molecule has 3 aromatic heterocycles. The highest BCUT2D eigenvalue weighted by atomic mass is 35.5. The van der Waals surface area contributed by atoms with Crippen LogP contribution in [0.1, 0.15) is 25.8 Å². The van der Waals surface area contributed by atoms with Crippen LogP contribution in [0.5, 0.6) is 11.5 Å². The summed E-state index contributed by atoms with van der Waals surface area (Å²) >= 11 is 5.91. The maximum atomic E-state index is 13.7. The van der Waals surface area contributed by atoms with Crippen LogP contribution in [0.4, 0.5) is 5.95 Å². The number of aromatic nitrogens is 6. The summed E-state index contributed by atoms with van der Waals surface area (Å²) in [5.74, 6) is 1.21. The molecule has 4 rings (SSSR count). The highest BCUT2D eigenvalue weighted by molar-refractivity contribution is 7.93. The number of nitrogens with one attached hydrogen (secondary N) is 1. The molecule has 2 atom stereocenters. The molecule has 0 fully saturated rings. The van der Waals surface area contributed by atoms with E-state index >= 15 is 0 Å². The minimum atomic E-state index is -4.14. The van der Waals surface area contributed by atoms with Crippen molar-refractivity contribution in [2.75, 3.05) is 25.5 Å². The van der Waals surface area contributed by atoms with E-state index in [9.17, 15) is 8.42 Å². The molecule has 0 bridgehead atoms. The van der Waals surface area contributed by atoms with Crippen molar-refractivity contribution >= 4 is 27.6 Å². The molecule has 0 amide bonds. The van der Waals surface area contributed by atoms with E-state index in [4.69, 9.17) is 25.8 Å². The maximum Gasteiger partial charge on any atom is 0.243 e. The maximum absolute atomic E-state index is 13.7. The van der Waals surface area contributed by atoms with Gasteiger partial charge < -0.3 is 14.2 Å². The van der Waals surface area contributed by atoms with Gasteiger partial charge >= 0.3 is 0 Å². The predicted molar refractivity (Wildman–Crippen MR) is 141 cm³/mol. The first-order valence-corrected chi connectivity index (χ1v) is 13.4. The normalized spacial score (nSPS) is 13.1. The van der Waals surface area contributed by atoms with Crippen molar-refractivity contribution in [3.05, 3.63) is 66.0 Å². The third-order valence-electron chi connectivity index (χ3n) is 5.60. The van der Waals surface area contributed by atoms with Crippen LogP contribution in [0.3, 0.4) is 0 Å². The number of anilines is 1. The molecule has 3 heterocycles. The molecule has 0 aliphatic rings. The third-order valence-corrected chi connectivity index (χ3v) is 7.49. The second-order valence-corrected chi connectivity index (χ2v) is 10.4. The molecule has 200 valence electrons. The first-order chi connectivity index (χ1) is 18.3. The minimum Gasteiger partial charge on any atom is -0.494 e. The van der Waals surface area contributed by atoms with Crippen LogP contribution in [0.2, 0.25) is 5.02 Å². The lowest BCUT2D eigenvalue weighted by Gasteiger charge is -2.23. The first-order valence-electron chi connectivity index (χ1n) is 11.5. The summed E-state index contributed by atoms with van der Waals surface area (Å²) in [6.45, 7) is 3.48. The minimum absolute atomic E-state index is 0.0919.